The molecule has 0 aliphatic rings. The summed E-state index contributed by atoms with van der Waals surface area (Å²) in [4.78, 5) is 0. The predicted octanol–water partition coefficient (Wildman–Crippen LogP) is 9.30. The molecule has 0 saturated heterocycles. The first-order chi connectivity index (χ1) is 15.9. The van der Waals surface area contributed by atoms with Gasteiger partial charge in [0.05, 0.1) is 19.8 Å². The van der Waals surface area contributed by atoms with Crippen LogP contribution in [0, 0.1) is 5.92 Å². The van der Waals surface area contributed by atoms with Crippen molar-refractivity contribution >= 4 is 34.1 Å². The average Bonchev–Trinajstić information content (AvgIpc) is 2.80. The van der Waals surface area contributed by atoms with Gasteiger partial charge in [-0.05, 0) is 12.3 Å². The maximum Gasteiger partial charge on any atom is 0.424 e. The molecule has 0 saturated carbocycles. The van der Waals surface area contributed by atoms with E-state index < -0.39 is 6.95 Å². The molecule has 0 spiro atoms. The first-order valence-electron chi connectivity index (χ1n) is 13.2. The monoisotopic (exact) mass is 576 g/mol. The van der Waals surface area contributed by atoms with Crippen LogP contribution >= 0.6 is 34.1 Å². The number of hydrogen-bond donors (Lipinski definition) is 0. The van der Waals surface area contributed by atoms with Gasteiger partial charge in [0.1, 0.15) is 6.10 Å². The van der Waals surface area contributed by atoms with E-state index in [1.54, 1.807) is 7.11 Å². The minimum absolute atomic E-state index is 0.0798. The van der Waals surface area contributed by atoms with Crippen LogP contribution in [0.1, 0.15) is 110 Å². The highest BCUT2D eigenvalue weighted by Crippen LogP contribution is 2.53. The van der Waals surface area contributed by atoms with Crippen molar-refractivity contribution in [2.24, 2.45) is 5.92 Å². The van der Waals surface area contributed by atoms with Gasteiger partial charge in [0.25, 0.3) is 0 Å². The second-order valence-electron chi connectivity index (χ2n) is 9.11. The molecule has 0 aromatic rings. The first kappa shape index (κ1) is 33.8. The molecule has 0 bridgehead atoms. The normalized spacial score (nSPS) is 15.4. The van der Waals surface area contributed by atoms with E-state index in [2.05, 4.69) is 29.8 Å². The van der Waals surface area contributed by atoms with Crippen molar-refractivity contribution in [3.05, 3.63) is 0 Å². The SMILES string of the molecule is CCCCCCCCCCCC(C)CCCCCCOCC(COP(=O)(Cl)OCCBr)OC. The summed E-state index contributed by atoms with van der Waals surface area (Å²) in [6.45, 7) is 2.53. The fourth-order valence-corrected chi connectivity index (χ4v) is 5.27. The molecule has 0 rings (SSSR count). The van der Waals surface area contributed by atoms with Crippen LogP contribution in [-0.2, 0) is 23.1 Å². The van der Waals surface area contributed by atoms with Gasteiger partial charge in [0, 0.05) is 30.3 Å². The summed E-state index contributed by atoms with van der Waals surface area (Å²) in [6, 6.07) is 0. The quantitative estimate of drug-likeness (QED) is 0.0582. The van der Waals surface area contributed by atoms with Gasteiger partial charge in [-0.25, -0.2) is 4.57 Å². The summed E-state index contributed by atoms with van der Waals surface area (Å²) in [6.07, 6.45) is 19.9. The van der Waals surface area contributed by atoms with Gasteiger partial charge >= 0.3 is 6.95 Å². The molecule has 33 heavy (non-hydrogen) atoms. The number of hydrogen-bond acceptors (Lipinski definition) is 5. The van der Waals surface area contributed by atoms with E-state index in [9.17, 15) is 4.57 Å². The number of alkyl halides is 1. The zero-order valence-electron chi connectivity index (χ0n) is 21.5. The number of halogens is 2. The highest BCUT2D eigenvalue weighted by molar-refractivity contribution is 9.09. The molecule has 8 heteroatoms. The van der Waals surface area contributed by atoms with Crippen LogP contribution in [0.4, 0.5) is 0 Å². The molecule has 0 aliphatic carbocycles. The van der Waals surface area contributed by atoms with Crippen LogP contribution in [0.25, 0.3) is 0 Å². The Kier molecular flexibility index (Phi) is 25.2. The van der Waals surface area contributed by atoms with Gasteiger partial charge < -0.3 is 9.47 Å². The molecule has 0 aromatic carbocycles. The van der Waals surface area contributed by atoms with Gasteiger partial charge in [0.15, 0.2) is 0 Å². The van der Waals surface area contributed by atoms with Crippen molar-refractivity contribution < 1.29 is 23.1 Å². The Morgan fingerprint density at radius 2 is 1.33 bits per heavy atom. The molecule has 0 amide bonds. The summed E-state index contributed by atoms with van der Waals surface area (Å²) >= 11 is 8.92. The molecule has 0 aliphatic heterocycles. The molecule has 0 radical (unpaired) electrons. The van der Waals surface area contributed by atoms with E-state index >= 15 is 0 Å². The zero-order valence-corrected chi connectivity index (χ0v) is 24.8. The Balaban J connectivity index is 3.50. The Labute approximate surface area is 217 Å². The van der Waals surface area contributed by atoms with Crippen LogP contribution < -0.4 is 0 Å². The van der Waals surface area contributed by atoms with Crippen molar-refractivity contribution in [2.45, 2.75) is 116 Å². The van der Waals surface area contributed by atoms with Crippen molar-refractivity contribution in [3.63, 3.8) is 0 Å². The third kappa shape index (κ3) is 24.3. The predicted molar refractivity (Wildman–Crippen MR) is 145 cm³/mol. The van der Waals surface area contributed by atoms with E-state index in [-0.39, 0.29) is 19.3 Å². The van der Waals surface area contributed by atoms with Gasteiger partial charge in [-0.2, -0.15) is 0 Å². The number of ether oxygens (including phenoxy) is 2. The lowest BCUT2D eigenvalue weighted by atomic mass is 9.96. The van der Waals surface area contributed by atoms with Crippen LogP contribution in [0.2, 0.25) is 0 Å². The molecule has 0 heterocycles. The summed E-state index contributed by atoms with van der Waals surface area (Å²) in [7, 11) is 1.58. The van der Waals surface area contributed by atoms with E-state index in [4.69, 9.17) is 29.8 Å². The summed E-state index contributed by atoms with van der Waals surface area (Å²) in [5, 5.41) is 0.544. The topological polar surface area (TPSA) is 54.0 Å². The van der Waals surface area contributed by atoms with E-state index in [0.29, 0.717) is 18.5 Å². The van der Waals surface area contributed by atoms with E-state index in [0.717, 1.165) is 12.3 Å². The minimum Gasteiger partial charge on any atom is -0.379 e. The Morgan fingerprint density at radius 1 is 0.788 bits per heavy atom. The Hall–Kier alpha value is 0.840. The number of rotatable bonds is 26. The zero-order chi connectivity index (χ0) is 24.6. The van der Waals surface area contributed by atoms with Gasteiger partial charge in [-0.3, -0.25) is 9.05 Å². The van der Waals surface area contributed by atoms with Crippen molar-refractivity contribution in [1.29, 1.82) is 0 Å². The summed E-state index contributed by atoms with van der Waals surface area (Å²) < 4.78 is 33.0. The lowest BCUT2D eigenvalue weighted by Crippen LogP contribution is -2.24. The Bertz CT molecular complexity index is 459. The second-order valence-corrected chi connectivity index (χ2v) is 12.5. The molecule has 200 valence electrons. The van der Waals surface area contributed by atoms with Crippen LogP contribution in [0.15, 0.2) is 0 Å². The highest BCUT2D eigenvalue weighted by Gasteiger charge is 2.23. The fourth-order valence-electron chi connectivity index (χ4n) is 3.75. The minimum atomic E-state index is -3.55. The van der Waals surface area contributed by atoms with E-state index in [1.165, 1.54) is 89.9 Å². The lowest BCUT2D eigenvalue weighted by molar-refractivity contribution is -0.0169. The van der Waals surface area contributed by atoms with Crippen LogP contribution in [-0.4, -0.2) is 45.0 Å². The molecule has 0 aromatic heterocycles. The molecule has 5 nitrogen and oxygen atoms in total. The molecular formula is C25H51BrClO5P. The Morgan fingerprint density at radius 3 is 1.88 bits per heavy atom. The number of methoxy groups -OCH3 is 1. The second kappa shape index (κ2) is 24.5. The van der Waals surface area contributed by atoms with Gasteiger partial charge in [-0.15, -0.1) is 0 Å². The molecule has 3 unspecified atom stereocenters. The summed E-state index contributed by atoms with van der Waals surface area (Å²) in [5.74, 6) is 0.852. The summed E-state index contributed by atoms with van der Waals surface area (Å²) in [5.41, 5.74) is 0. The number of unbranched alkanes of at least 4 members (excludes halogenated alkanes) is 11. The first-order valence-corrected chi connectivity index (χ1v) is 16.8. The van der Waals surface area contributed by atoms with Crippen molar-refractivity contribution in [2.75, 3.05) is 38.9 Å². The maximum absolute atomic E-state index is 11.9. The molecule has 3 atom stereocenters. The standard InChI is InChI=1S/C25H51BrClO5P/c1-4-5-6-7-8-9-10-11-14-17-24(2)18-15-12-13-16-20-30-22-25(29-3)23-32-33(27,28)31-21-19-26/h24-25H,4-23H2,1-3H3. The van der Waals surface area contributed by atoms with Gasteiger partial charge in [-0.1, -0.05) is 120 Å². The van der Waals surface area contributed by atoms with Crippen molar-refractivity contribution in [3.8, 4) is 0 Å². The van der Waals surface area contributed by atoms with E-state index in [1.807, 2.05) is 0 Å². The lowest BCUT2D eigenvalue weighted by Gasteiger charge is -2.18. The fraction of sp³-hybridized carbons (Fsp3) is 1.00. The van der Waals surface area contributed by atoms with Crippen LogP contribution in [0.3, 0.4) is 0 Å². The smallest absolute Gasteiger partial charge is 0.379 e. The van der Waals surface area contributed by atoms with Crippen LogP contribution in [0.5, 0.6) is 0 Å². The maximum atomic E-state index is 11.9. The largest absolute Gasteiger partial charge is 0.424 e. The van der Waals surface area contributed by atoms with Crippen molar-refractivity contribution in [1.82, 2.24) is 0 Å². The molecule has 0 fully saturated rings. The average molecular weight is 578 g/mol. The van der Waals surface area contributed by atoms with Gasteiger partial charge in [0.2, 0.25) is 0 Å². The third-order valence-corrected chi connectivity index (χ3v) is 7.77. The third-order valence-electron chi connectivity index (χ3n) is 5.91. The molecule has 0 N–H and O–H groups in total. The highest BCUT2D eigenvalue weighted by atomic mass is 79.9. The molecular weight excluding hydrogens is 527 g/mol.